The standard InChI is InChI=1S/C34H46ClNO6/c1-7-9-11-13-15-23(16-17-25-31(36-4)30-27(21-42-34(30)38)22(3)32(25)40-6)26-19-24(39-5)20-28(35)29(26)33(37)41-18-14-12-10-8-2/h16,19-20,36H,7-15,17-18,21H2,1-6H3/b23-16+. The van der Waals surface area contributed by atoms with E-state index in [0.717, 1.165) is 80.1 Å². The largest absolute Gasteiger partial charge is 0.497 e. The van der Waals surface area contributed by atoms with E-state index in [9.17, 15) is 9.59 Å². The Bertz CT molecular complexity index is 1290. The molecule has 230 valence electrons. The van der Waals surface area contributed by atoms with Crippen LogP contribution in [0.4, 0.5) is 5.69 Å². The average molecular weight is 600 g/mol. The number of nitrogens with one attached hydrogen (secondary N) is 1. The minimum atomic E-state index is -0.432. The first-order valence-corrected chi connectivity index (χ1v) is 15.5. The Labute approximate surface area is 255 Å². The third kappa shape index (κ3) is 7.80. The van der Waals surface area contributed by atoms with E-state index in [4.69, 9.17) is 30.5 Å². The van der Waals surface area contributed by atoms with Gasteiger partial charge in [-0.3, -0.25) is 0 Å². The lowest BCUT2D eigenvalue weighted by molar-refractivity contribution is 0.0495. The summed E-state index contributed by atoms with van der Waals surface area (Å²) in [5.41, 5.74) is 5.87. The van der Waals surface area contributed by atoms with Crippen LogP contribution in [0.3, 0.4) is 0 Å². The SMILES string of the molecule is CCCCCCOC(=O)c1c(Cl)cc(OC)cc1/C(=C/Cc1c(NC)c2c(c(C)c1OC)COC2=O)CCCCCC. The van der Waals surface area contributed by atoms with E-state index < -0.39 is 5.97 Å². The molecule has 0 spiro atoms. The van der Waals surface area contributed by atoms with E-state index >= 15 is 0 Å². The predicted molar refractivity (Wildman–Crippen MR) is 169 cm³/mol. The van der Waals surface area contributed by atoms with Gasteiger partial charge in [0, 0.05) is 18.2 Å². The second-order valence-electron chi connectivity index (χ2n) is 10.7. The van der Waals surface area contributed by atoms with Gasteiger partial charge < -0.3 is 24.3 Å². The highest BCUT2D eigenvalue weighted by Crippen LogP contribution is 2.42. The molecule has 7 nitrogen and oxygen atoms in total. The number of halogens is 1. The molecule has 0 unspecified atom stereocenters. The van der Waals surface area contributed by atoms with E-state index in [1.807, 2.05) is 13.0 Å². The first-order valence-electron chi connectivity index (χ1n) is 15.1. The summed E-state index contributed by atoms with van der Waals surface area (Å²) in [6, 6.07) is 3.53. The van der Waals surface area contributed by atoms with E-state index in [1.165, 1.54) is 0 Å². The summed E-state index contributed by atoms with van der Waals surface area (Å²) in [5, 5.41) is 3.52. The first kappa shape index (κ1) is 33.3. The second-order valence-corrected chi connectivity index (χ2v) is 11.1. The third-order valence-electron chi connectivity index (χ3n) is 7.86. The first-order chi connectivity index (χ1) is 20.3. The monoisotopic (exact) mass is 599 g/mol. The summed E-state index contributed by atoms with van der Waals surface area (Å²) >= 11 is 6.72. The molecule has 0 saturated carbocycles. The molecular formula is C34H46ClNO6. The number of anilines is 1. The molecule has 0 amide bonds. The molecule has 0 bridgehead atoms. The maximum absolute atomic E-state index is 13.4. The molecule has 3 rings (SSSR count). The fourth-order valence-electron chi connectivity index (χ4n) is 5.57. The van der Waals surface area contributed by atoms with E-state index in [2.05, 4.69) is 25.2 Å². The molecule has 2 aromatic carbocycles. The number of unbranched alkanes of at least 4 members (excludes halogenated alkanes) is 6. The van der Waals surface area contributed by atoms with Crippen LogP contribution in [-0.4, -0.2) is 39.8 Å². The Morgan fingerprint density at radius 2 is 1.76 bits per heavy atom. The Hall–Kier alpha value is -3.19. The van der Waals surface area contributed by atoms with E-state index in [0.29, 0.717) is 51.9 Å². The van der Waals surface area contributed by atoms with Crippen molar-refractivity contribution in [3.05, 3.63) is 56.6 Å². The molecule has 1 aliphatic rings. The third-order valence-corrected chi connectivity index (χ3v) is 8.16. The molecule has 0 fully saturated rings. The Morgan fingerprint density at radius 3 is 2.40 bits per heavy atom. The van der Waals surface area contributed by atoms with Gasteiger partial charge in [0.25, 0.3) is 0 Å². The molecule has 2 aromatic rings. The summed E-state index contributed by atoms with van der Waals surface area (Å²) < 4.78 is 22.5. The lowest BCUT2D eigenvalue weighted by Crippen LogP contribution is -2.11. The average Bonchev–Trinajstić information content (AvgIpc) is 3.37. The van der Waals surface area contributed by atoms with Crippen LogP contribution in [0.25, 0.3) is 5.57 Å². The lowest BCUT2D eigenvalue weighted by atomic mass is 9.90. The highest BCUT2D eigenvalue weighted by Gasteiger charge is 2.31. The maximum atomic E-state index is 13.4. The van der Waals surface area contributed by atoms with Gasteiger partial charge in [0.2, 0.25) is 0 Å². The van der Waals surface area contributed by atoms with E-state index in [1.54, 1.807) is 27.3 Å². The highest BCUT2D eigenvalue weighted by atomic mass is 35.5. The topological polar surface area (TPSA) is 83.1 Å². The number of ether oxygens (including phenoxy) is 4. The van der Waals surface area contributed by atoms with Crippen LogP contribution < -0.4 is 14.8 Å². The van der Waals surface area contributed by atoms with Crippen molar-refractivity contribution in [2.24, 2.45) is 0 Å². The number of esters is 2. The number of fused-ring (bicyclic) bond motifs is 1. The number of rotatable bonds is 17. The summed E-state index contributed by atoms with van der Waals surface area (Å²) in [6.07, 6.45) is 11.6. The smallest absolute Gasteiger partial charge is 0.341 e. The zero-order chi connectivity index (χ0) is 30.6. The number of cyclic esters (lactones) is 1. The number of methoxy groups -OCH3 is 2. The summed E-state index contributed by atoms with van der Waals surface area (Å²) in [5.74, 6) is 0.513. The van der Waals surface area contributed by atoms with Gasteiger partial charge >= 0.3 is 11.9 Å². The quantitative estimate of drug-likeness (QED) is 0.144. The highest BCUT2D eigenvalue weighted by molar-refractivity contribution is 6.34. The van der Waals surface area contributed by atoms with Crippen LogP contribution in [0.1, 0.15) is 115 Å². The second kappa shape index (κ2) is 16.4. The van der Waals surface area contributed by atoms with Crippen LogP contribution in [0, 0.1) is 6.92 Å². The fraction of sp³-hybridized carbons (Fsp3) is 0.529. The normalized spacial score (nSPS) is 12.6. The van der Waals surface area contributed by atoms with Crippen LogP contribution >= 0.6 is 11.6 Å². The van der Waals surface area contributed by atoms with Crippen LogP contribution in [0.2, 0.25) is 5.02 Å². The van der Waals surface area contributed by atoms with Crippen LogP contribution in [-0.2, 0) is 22.5 Å². The zero-order valence-electron chi connectivity index (χ0n) is 26.0. The van der Waals surface area contributed by atoms with Gasteiger partial charge in [0.05, 0.1) is 42.7 Å². The zero-order valence-corrected chi connectivity index (χ0v) is 26.8. The van der Waals surface area contributed by atoms with Crippen molar-refractivity contribution in [2.75, 3.05) is 33.2 Å². The summed E-state index contributed by atoms with van der Waals surface area (Å²) in [7, 11) is 5.02. The van der Waals surface area contributed by atoms with Crippen molar-refractivity contribution in [3.63, 3.8) is 0 Å². The number of allylic oxidation sites excluding steroid dienone is 2. The Balaban J connectivity index is 2.10. The van der Waals surface area contributed by atoms with Gasteiger partial charge in [-0.05, 0) is 61.4 Å². The molecule has 0 saturated heterocycles. The fourth-order valence-corrected chi connectivity index (χ4v) is 5.86. The van der Waals surface area contributed by atoms with Crippen molar-refractivity contribution < 1.29 is 28.5 Å². The molecular weight excluding hydrogens is 554 g/mol. The Morgan fingerprint density at radius 1 is 1.05 bits per heavy atom. The molecule has 0 atom stereocenters. The number of benzene rings is 2. The molecule has 0 aliphatic carbocycles. The summed E-state index contributed by atoms with van der Waals surface area (Å²) in [4.78, 5) is 26.1. The van der Waals surface area contributed by atoms with Gasteiger partial charge in [-0.15, -0.1) is 0 Å². The van der Waals surface area contributed by atoms with Crippen LogP contribution in [0.15, 0.2) is 18.2 Å². The number of hydrogen-bond donors (Lipinski definition) is 1. The molecule has 42 heavy (non-hydrogen) atoms. The van der Waals surface area contributed by atoms with Crippen molar-refractivity contribution in [2.45, 2.75) is 91.6 Å². The minimum absolute atomic E-state index is 0.232. The molecule has 1 heterocycles. The van der Waals surface area contributed by atoms with Crippen molar-refractivity contribution in [3.8, 4) is 11.5 Å². The number of carbonyl (C=O) groups is 2. The number of carbonyl (C=O) groups excluding carboxylic acids is 2. The van der Waals surface area contributed by atoms with E-state index in [-0.39, 0.29) is 12.6 Å². The lowest BCUT2D eigenvalue weighted by Gasteiger charge is -2.20. The minimum Gasteiger partial charge on any atom is -0.497 e. The van der Waals surface area contributed by atoms with Crippen LogP contribution in [0.5, 0.6) is 11.5 Å². The van der Waals surface area contributed by atoms with Crippen molar-refractivity contribution in [1.82, 2.24) is 0 Å². The number of hydrogen-bond acceptors (Lipinski definition) is 7. The Kier molecular flexibility index (Phi) is 13.0. The van der Waals surface area contributed by atoms with Crippen molar-refractivity contribution in [1.29, 1.82) is 0 Å². The molecule has 8 heteroatoms. The van der Waals surface area contributed by atoms with Gasteiger partial charge in [-0.25, -0.2) is 9.59 Å². The molecule has 1 aliphatic heterocycles. The van der Waals surface area contributed by atoms with Crippen molar-refractivity contribution >= 4 is 34.8 Å². The maximum Gasteiger partial charge on any atom is 0.341 e. The van der Waals surface area contributed by atoms with Gasteiger partial charge in [-0.1, -0.05) is 70.0 Å². The molecule has 1 N–H and O–H groups in total. The van der Waals surface area contributed by atoms with Gasteiger partial charge in [0.1, 0.15) is 18.1 Å². The predicted octanol–water partition coefficient (Wildman–Crippen LogP) is 8.71. The summed E-state index contributed by atoms with van der Waals surface area (Å²) in [6.45, 7) is 6.86. The molecule has 0 radical (unpaired) electrons. The van der Waals surface area contributed by atoms with Gasteiger partial charge in [-0.2, -0.15) is 0 Å². The molecule has 0 aromatic heterocycles. The van der Waals surface area contributed by atoms with Gasteiger partial charge in [0.15, 0.2) is 0 Å².